The average Bonchev–Trinajstić information content (AvgIpc) is 2.17. The summed E-state index contributed by atoms with van der Waals surface area (Å²) in [6.07, 6.45) is 5.83. The zero-order valence-corrected chi connectivity index (χ0v) is 8.95. The topological polar surface area (TPSA) is 54.4 Å². The van der Waals surface area contributed by atoms with E-state index in [1.54, 1.807) is 6.08 Å². The number of rotatable bonds is 1. The van der Waals surface area contributed by atoms with Crippen molar-refractivity contribution in [2.24, 2.45) is 11.3 Å². The molecule has 0 amide bonds. The predicted octanol–water partition coefficient (Wildman–Crippen LogP) is 2.17. The molecule has 0 aliphatic heterocycles. The van der Waals surface area contributed by atoms with Crippen molar-refractivity contribution in [3.05, 3.63) is 11.6 Å². The van der Waals surface area contributed by atoms with Crippen molar-refractivity contribution < 1.29 is 14.7 Å². The van der Waals surface area contributed by atoms with Gasteiger partial charge in [-0.1, -0.05) is 18.9 Å². The van der Waals surface area contributed by atoms with E-state index in [1.807, 2.05) is 6.92 Å². The molecule has 82 valence electrons. The van der Waals surface area contributed by atoms with Crippen molar-refractivity contribution in [1.29, 1.82) is 0 Å². The van der Waals surface area contributed by atoms with Gasteiger partial charge in [-0.05, 0) is 25.3 Å². The summed E-state index contributed by atoms with van der Waals surface area (Å²) in [6, 6.07) is 0. The number of ketones is 1. The first kappa shape index (κ1) is 10.4. The number of hydrogen-bond donors (Lipinski definition) is 1. The number of carbonyl (C=O) groups excluding carboxylic acids is 1. The Morgan fingerprint density at radius 1 is 1.53 bits per heavy atom. The van der Waals surface area contributed by atoms with Gasteiger partial charge in [0.2, 0.25) is 0 Å². The van der Waals surface area contributed by atoms with Crippen LogP contribution in [0.2, 0.25) is 0 Å². The van der Waals surface area contributed by atoms with Crippen LogP contribution < -0.4 is 0 Å². The van der Waals surface area contributed by atoms with Crippen LogP contribution in [0.1, 0.15) is 39.0 Å². The second-order valence-electron chi connectivity index (χ2n) is 4.86. The maximum atomic E-state index is 11.4. The van der Waals surface area contributed by atoms with Gasteiger partial charge in [0.1, 0.15) is 0 Å². The predicted molar refractivity (Wildman–Crippen MR) is 55.4 cm³/mol. The number of allylic oxidation sites excluding steroid dienone is 2. The van der Waals surface area contributed by atoms with Crippen LogP contribution in [0.15, 0.2) is 11.6 Å². The first-order valence-corrected chi connectivity index (χ1v) is 5.51. The Bertz CT molecular complexity index is 343. The SMILES string of the molecule is CC12CCCCC1=CC(=O)CC2C(=O)O. The van der Waals surface area contributed by atoms with E-state index in [0.717, 1.165) is 31.3 Å². The molecular weight excluding hydrogens is 192 g/mol. The third kappa shape index (κ3) is 1.60. The number of aliphatic carboxylic acids is 1. The summed E-state index contributed by atoms with van der Waals surface area (Å²) in [5.41, 5.74) is 0.801. The standard InChI is InChI=1S/C12H16O3/c1-12-5-3-2-4-8(12)6-9(13)7-10(12)11(14)15/h6,10H,2-5,7H2,1H3,(H,14,15). The van der Waals surface area contributed by atoms with Crippen LogP contribution in [0, 0.1) is 11.3 Å². The van der Waals surface area contributed by atoms with Gasteiger partial charge in [-0.3, -0.25) is 9.59 Å². The van der Waals surface area contributed by atoms with Crippen molar-refractivity contribution in [3.8, 4) is 0 Å². The Hall–Kier alpha value is -1.12. The molecule has 1 saturated carbocycles. The largest absolute Gasteiger partial charge is 0.481 e. The molecule has 3 nitrogen and oxygen atoms in total. The first-order valence-electron chi connectivity index (χ1n) is 5.51. The lowest BCUT2D eigenvalue weighted by Gasteiger charge is -2.43. The highest BCUT2D eigenvalue weighted by Gasteiger charge is 2.46. The van der Waals surface area contributed by atoms with E-state index in [1.165, 1.54) is 0 Å². The van der Waals surface area contributed by atoms with Gasteiger partial charge < -0.3 is 5.11 Å². The summed E-state index contributed by atoms with van der Waals surface area (Å²) in [4.78, 5) is 22.6. The van der Waals surface area contributed by atoms with Gasteiger partial charge in [-0.15, -0.1) is 0 Å². The van der Waals surface area contributed by atoms with E-state index in [-0.39, 0.29) is 17.6 Å². The first-order chi connectivity index (χ1) is 7.04. The molecule has 15 heavy (non-hydrogen) atoms. The second kappa shape index (κ2) is 3.47. The normalized spacial score (nSPS) is 35.7. The van der Waals surface area contributed by atoms with Crippen LogP contribution in [0.25, 0.3) is 0 Å². The second-order valence-corrected chi connectivity index (χ2v) is 4.86. The van der Waals surface area contributed by atoms with Crippen molar-refractivity contribution in [1.82, 2.24) is 0 Å². The molecule has 2 rings (SSSR count). The molecule has 2 atom stereocenters. The number of carbonyl (C=O) groups is 2. The summed E-state index contributed by atoms with van der Waals surface area (Å²) < 4.78 is 0. The third-order valence-corrected chi connectivity index (χ3v) is 3.93. The van der Waals surface area contributed by atoms with Crippen LogP contribution >= 0.6 is 0 Å². The summed E-state index contributed by atoms with van der Waals surface area (Å²) in [7, 11) is 0. The van der Waals surface area contributed by atoms with E-state index in [9.17, 15) is 14.7 Å². The Balaban J connectivity index is 2.40. The smallest absolute Gasteiger partial charge is 0.307 e. The van der Waals surface area contributed by atoms with Gasteiger partial charge in [0.05, 0.1) is 5.92 Å². The molecule has 0 heterocycles. The fraction of sp³-hybridized carbons (Fsp3) is 0.667. The van der Waals surface area contributed by atoms with Gasteiger partial charge in [-0.25, -0.2) is 0 Å². The van der Waals surface area contributed by atoms with Crippen molar-refractivity contribution in [3.63, 3.8) is 0 Å². The Kier molecular flexibility index (Phi) is 2.41. The van der Waals surface area contributed by atoms with Crippen molar-refractivity contribution >= 4 is 11.8 Å². The number of hydrogen-bond acceptors (Lipinski definition) is 2. The minimum atomic E-state index is -0.821. The highest BCUT2D eigenvalue weighted by Crippen LogP contribution is 2.49. The summed E-state index contributed by atoms with van der Waals surface area (Å²) in [5.74, 6) is -1.35. The van der Waals surface area contributed by atoms with E-state index in [4.69, 9.17) is 0 Å². The molecule has 0 spiro atoms. The molecule has 0 radical (unpaired) electrons. The van der Waals surface area contributed by atoms with E-state index in [2.05, 4.69) is 0 Å². The summed E-state index contributed by atoms with van der Waals surface area (Å²) in [6.45, 7) is 2.00. The quantitative estimate of drug-likeness (QED) is 0.718. The third-order valence-electron chi connectivity index (χ3n) is 3.93. The van der Waals surface area contributed by atoms with Gasteiger partial charge in [0.25, 0.3) is 0 Å². The van der Waals surface area contributed by atoms with Gasteiger partial charge in [0.15, 0.2) is 5.78 Å². The minimum Gasteiger partial charge on any atom is -0.481 e. The highest BCUT2D eigenvalue weighted by molar-refractivity contribution is 5.95. The monoisotopic (exact) mass is 208 g/mol. The van der Waals surface area contributed by atoms with Gasteiger partial charge >= 0.3 is 5.97 Å². The maximum Gasteiger partial charge on any atom is 0.307 e. The number of carboxylic acids is 1. The fourth-order valence-electron chi connectivity index (χ4n) is 2.93. The van der Waals surface area contributed by atoms with Gasteiger partial charge in [0, 0.05) is 11.8 Å². The zero-order valence-electron chi connectivity index (χ0n) is 8.95. The molecule has 2 aliphatic rings. The lowest BCUT2D eigenvalue weighted by molar-refractivity contribution is -0.148. The molecule has 3 heteroatoms. The number of fused-ring (bicyclic) bond motifs is 1. The van der Waals surface area contributed by atoms with Crippen LogP contribution in [-0.4, -0.2) is 16.9 Å². The average molecular weight is 208 g/mol. The summed E-state index contributed by atoms with van der Waals surface area (Å²) in [5, 5.41) is 9.18. The van der Waals surface area contributed by atoms with Crippen LogP contribution in [0.3, 0.4) is 0 Å². The molecule has 0 saturated heterocycles. The van der Waals surface area contributed by atoms with E-state index >= 15 is 0 Å². The van der Waals surface area contributed by atoms with Crippen LogP contribution in [0.4, 0.5) is 0 Å². The van der Waals surface area contributed by atoms with E-state index in [0.29, 0.717) is 0 Å². The van der Waals surface area contributed by atoms with E-state index < -0.39 is 11.9 Å². The molecule has 0 aromatic carbocycles. The fourth-order valence-corrected chi connectivity index (χ4v) is 2.93. The van der Waals surface area contributed by atoms with Crippen LogP contribution in [0.5, 0.6) is 0 Å². The Labute approximate surface area is 89.2 Å². The Morgan fingerprint density at radius 2 is 2.27 bits per heavy atom. The van der Waals surface area contributed by atoms with Crippen molar-refractivity contribution in [2.45, 2.75) is 39.0 Å². The molecule has 0 aromatic rings. The van der Waals surface area contributed by atoms with Gasteiger partial charge in [-0.2, -0.15) is 0 Å². The maximum absolute atomic E-state index is 11.4. The molecule has 0 bridgehead atoms. The number of carboxylic acid groups (broad SMARTS) is 1. The zero-order chi connectivity index (χ0) is 11.1. The lowest BCUT2D eigenvalue weighted by Crippen LogP contribution is -2.41. The highest BCUT2D eigenvalue weighted by atomic mass is 16.4. The molecular formula is C12H16O3. The molecule has 0 aromatic heterocycles. The molecule has 1 N–H and O–H groups in total. The Morgan fingerprint density at radius 3 is 2.93 bits per heavy atom. The minimum absolute atomic E-state index is 0.0169. The lowest BCUT2D eigenvalue weighted by atomic mass is 9.60. The molecule has 1 fully saturated rings. The molecule has 2 unspecified atom stereocenters. The molecule has 2 aliphatic carbocycles. The van der Waals surface area contributed by atoms with Crippen molar-refractivity contribution in [2.75, 3.05) is 0 Å². The summed E-state index contributed by atoms with van der Waals surface area (Å²) >= 11 is 0. The van der Waals surface area contributed by atoms with Crippen LogP contribution in [-0.2, 0) is 9.59 Å².